The predicted octanol–water partition coefficient (Wildman–Crippen LogP) is 2.18. The molecule has 0 radical (unpaired) electrons. The van der Waals surface area contributed by atoms with Crippen LogP contribution in [0.5, 0.6) is 0 Å². The molecule has 4 nitrogen and oxygen atoms in total. The van der Waals surface area contributed by atoms with Gasteiger partial charge in [0.25, 0.3) is 0 Å². The van der Waals surface area contributed by atoms with Gasteiger partial charge >= 0.3 is 0 Å². The first-order valence-electron chi connectivity index (χ1n) is 8.79. The van der Waals surface area contributed by atoms with E-state index in [1.165, 1.54) is 38.5 Å². The van der Waals surface area contributed by atoms with Crippen LogP contribution in [0.25, 0.3) is 0 Å². The van der Waals surface area contributed by atoms with E-state index in [1.54, 1.807) is 7.11 Å². The number of nitrogens with one attached hydrogen (secondary N) is 1. The molecule has 0 aromatic rings. The number of hydrogen-bond acceptors (Lipinski definition) is 3. The Balaban J connectivity index is 1.39. The van der Waals surface area contributed by atoms with Gasteiger partial charge in [-0.05, 0) is 50.4 Å². The number of likely N-dealkylation sites (tertiary alicyclic amines) is 1. The van der Waals surface area contributed by atoms with Gasteiger partial charge < -0.3 is 15.0 Å². The molecule has 2 unspecified atom stereocenters. The second-order valence-electron chi connectivity index (χ2n) is 7.22. The van der Waals surface area contributed by atoms with Gasteiger partial charge in [0.2, 0.25) is 5.91 Å². The Morgan fingerprint density at radius 1 is 1.05 bits per heavy atom. The van der Waals surface area contributed by atoms with Crippen molar-refractivity contribution in [3.8, 4) is 0 Å². The molecule has 120 valence electrons. The van der Waals surface area contributed by atoms with Gasteiger partial charge in [0.1, 0.15) is 6.61 Å². The monoisotopic (exact) mass is 294 g/mol. The summed E-state index contributed by atoms with van der Waals surface area (Å²) in [5.74, 6) is 2.20. The molecule has 1 saturated heterocycles. The fourth-order valence-corrected chi connectivity index (χ4v) is 4.22. The van der Waals surface area contributed by atoms with E-state index in [1.807, 2.05) is 4.90 Å². The molecule has 1 aliphatic heterocycles. The third-order valence-corrected chi connectivity index (χ3v) is 5.59. The Morgan fingerprint density at radius 3 is 2.48 bits per heavy atom. The lowest BCUT2D eigenvalue weighted by atomic mass is 9.82. The normalized spacial score (nSPS) is 31.4. The number of piperidine rings is 1. The molecule has 2 saturated carbocycles. The van der Waals surface area contributed by atoms with Crippen LogP contribution >= 0.6 is 0 Å². The maximum Gasteiger partial charge on any atom is 0.248 e. The van der Waals surface area contributed by atoms with Crippen molar-refractivity contribution in [2.45, 2.75) is 63.5 Å². The Labute approximate surface area is 128 Å². The molecule has 0 aromatic heterocycles. The summed E-state index contributed by atoms with van der Waals surface area (Å²) in [5.41, 5.74) is 0. The minimum absolute atomic E-state index is 0.141. The Hall–Kier alpha value is -0.610. The topological polar surface area (TPSA) is 41.6 Å². The van der Waals surface area contributed by atoms with Gasteiger partial charge in [0, 0.05) is 32.3 Å². The first-order chi connectivity index (χ1) is 10.3. The van der Waals surface area contributed by atoms with Crippen LogP contribution in [0.4, 0.5) is 0 Å². The fraction of sp³-hybridized carbons (Fsp3) is 0.941. The van der Waals surface area contributed by atoms with Crippen molar-refractivity contribution in [1.29, 1.82) is 0 Å². The predicted molar refractivity (Wildman–Crippen MR) is 83.1 cm³/mol. The molecule has 21 heavy (non-hydrogen) atoms. The van der Waals surface area contributed by atoms with Crippen molar-refractivity contribution in [1.82, 2.24) is 10.2 Å². The van der Waals surface area contributed by atoms with Crippen LogP contribution in [0.3, 0.4) is 0 Å². The summed E-state index contributed by atoms with van der Waals surface area (Å²) < 4.78 is 4.94. The van der Waals surface area contributed by atoms with Crippen LogP contribution < -0.4 is 5.32 Å². The quantitative estimate of drug-likeness (QED) is 0.845. The van der Waals surface area contributed by atoms with Crippen LogP contribution in [-0.2, 0) is 9.53 Å². The lowest BCUT2D eigenvalue weighted by molar-refractivity contribution is -0.136. The minimum atomic E-state index is 0.141. The van der Waals surface area contributed by atoms with Gasteiger partial charge in [-0.25, -0.2) is 0 Å². The van der Waals surface area contributed by atoms with Crippen LogP contribution in [-0.4, -0.2) is 49.7 Å². The standard InChI is InChI=1S/C17H30N2O2/c1-21-12-17(20)19-9-7-15(8-10-19)18-16-4-2-3-14(11-16)13-5-6-13/h13-16,18H,2-12H2,1H3. The molecule has 3 fully saturated rings. The Bertz CT molecular complexity index is 349. The molecule has 0 aromatic carbocycles. The number of nitrogens with zero attached hydrogens (tertiary/aromatic N) is 1. The Morgan fingerprint density at radius 2 is 1.81 bits per heavy atom. The molecule has 1 amide bonds. The van der Waals surface area contributed by atoms with Gasteiger partial charge in [0.15, 0.2) is 0 Å². The summed E-state index contributed by atoms with van der Waals surface area (Å²) in [6.45, 7) is 2.00. The van der Waals surface area contributed by atoms with E-state index in [4.69, 9.17) is 4.74 Å². The highest BCUT2D eigenvalue weighted by molar-refractivity contribution is 5.77. The SMILES string of the molecule is COCC(=O)N1CCC(NC2CCCC(C3CC3)C2)CC1. The summed E-state index contributed by atoms with van der Waals surface area (Å²) in [4.78, 5) is 13.8. The second kappa shape index (κ2) is 7.10. The lowest BCUT2D eigenvalue weighted by Gasteiger charge is -2.37. The van der Waals surface area contributed by atoms with Crippen molar-refractivity contribution >= 4 is 5.91 Å². The number of ether oxygens (including phenoxy) is 1. The zero-order valence-electron chi connectivity index (χ0n) is 13.4. The van der Waals surface area contributed by atoms with Gasteiger partial charge in [0.05, 0.1) is 0 Å². The number of rotatable bonds is 5. The molecule has 2 aliphatic carbocycles. The van der Waals surface area contributed by atoms with E-state index in [-0.39, 0.29) is 12.5 Å². The van der Waals surface area contributed by atoms with Gasteiger partial charge in [-0.15, -0.1) is 0 Å². The van der Waals surface area contributed by atoms with Crippen molar-refractivity contribution in [2.75, 3.05) is 26.8 Å². The summed E-state index contributed by atoms with van der Waals surface area (Å²) in [7, 11) is 1.59. The lowest BCUT2D eigenvalue weighted by Crippen LogP contribution is -2.49. The maximum atomic E-state index is 11.8. The third kappa shape index (κ3) is 4.19. The number of carbonyl (C=O) groups is 1. The zero-order chi connectivity index (χ0) is 14.7. The zero-order valence-corrected chi connectivity index (χ0v) is 13.4. The van der Waals surface area contributed by atoms with E-state index in [2.05, 4.69) is 5.32 Å². The van der Waals surface area contributed by atoms with Gasteiger partial charge in [-0.2, -0.15) is 0 Å². The largest absolute Gasteiger partial charge is 0.375 e. The summed E-state index contributed by atoms with van der Waals surface area (Å²) >= 11 is 0. The van der Waals surface area contributed by atoms with E-state index in [9.17, 15) is 4.79 Å². The van der Waals surface area contributed by atoms with E-state index >= 15 is 0 Å². The summed E-state index contributed by atoms with van der Waals surface area (Å²) in [5, 5.41) is 3.89. The van der Waals surface area contributed by atoms with E-state index < -0.39 is 0 Å². The van der Waals surface area contributed by atoms with Crippen LogP contribution in [0.2, 0.25) is 0 Å². The first kappa shape index (κ1) is 15.3. The third-order valence-electron chi connectivity index (χ3n) is 5.59. The van der Waals surface area contributed by atoms with Crippen LogP contribution in [0.1, 0.15) is 51.4 Å². The maximum absolute atomic E-state index is 11.8. The highest BCUT2D eigenvalue weighted by Crippen LogP contribution is 2.44. The smallest absolute Gasteiger partial charge is 0.248 e. The molecule has 3 aliphatic rings. The fourth-order valence-electron chi connectivity index (χ4n) is 4.22. The second-order valence-corrected chi connectivity index (χ2v) is 7.22. The molecular formula is C17H30N2O2. The Kier molecular flexibility index (Phi) is 5.17. The average Bonchev–Trinajstić information content (AvgIpc) is 3.33. The number of amides is 1. The minimum Gasteiger partial charge on any atom is -0.375 e. The summed E-state index contributed by atoms with van der Waals surface area (Å²) in [6.07, 6.45) is 10.8. The number of carbonyl (C=O) groups excluding carboxylic acids is 1. The molecule has 4 heteroatoms. The van der Waals surface area contributed by atoms with Gasteiger partial charge in [-0.3, -0.25) is 4.79 Å². The molecule has 0 bridgehead atoms. The average molecular weight is 294 g/mol. The molecule has 1 N–H and O–H groups in total. The molecule has 3 rings (SSSR count). The molecular weight excluding hydrogens is 264 g/mol. The van der Waals surface area contributed by atoms with Crippen molar-refractivity contribution in [3.63, 3.8) is 0 Å². The van der Waals surface area contributed by atoms with E-state index in [0.29, 0.717) is 6.04 Å². The number of hydrogen-bond donors (Lipinski definition) is 1. The van der Waals surface area contributed by atoms with Crippen molar-refractivity contribution < 1.29 is 9.53 Å². The highest BCUT2D eigenvalue weighted by Gasteiger charge is 2.35. The summed E-state index contributed by atoms with van der Waals surface area (Å²) in [6, 6.07) is 1.34. The molecule has 2 atom stereocenters. The van der Waals surface area contributed by atoms with Crippen LogP contribution in [0, 0.1) is 11.8 Å². The first-order valence-corrected chi connectivity index (χ1v) is 8.79. The van der Waals surface area contributed by atoms with Crippen LogP contribution in [0.15, 0.2) is 0 Å². The molecule has 1 heterocycles. The highest BCUT2D eigenvalue weighted by atomic mass is 16.5. The van der Waals surface area contributed by atoms with Gasteiger partial charge in [-0.1, -0.05) is 12.8 Å². The number of methoxy groups -OCH3 is 1. The van der Waals surface area contributed by atoms with Crippen molar-refractivity contribution in [2.24, 2.45) is 11.8 Å². The van der Waals surface area contributed by atoms with E-state index in [0.717, 1.165) is 43.8 Å². The van der Waals surface area contributed by atoms with Crippen molar-refractivity contribution in [3.05, 3.63) is 0 Å². The molecule has 0 spiro atoms.